The van der Waals surface area contributed by atoms with Gasteiger partial charge in [-0.25, -0.2) is 8.78 Å². The largest absolute Gasteiger partial charge is 0.207 e. The van der Waals surface area contributed by atoms with Crippen molar-refractivity contribution in [3.05, 3.63) is 94.0 Å². The molecular formula is C28H26F2. The van der Waals surface area contributed by atoms with Gasteiger partial charge >= 0.3 is 0 Å². The molecule has 0 fully saturated rings. The van der Waals surface area contributed by atoms with E-state index in [1.807, 2.05) is 6.07 Å². The molecule has 0 aliphatic heterocycles. The third-order valence-corrected chi connectivity index (χ3v) is 5.76. The second kappa shape index (κ2) is 9.26. The minimum atomic E-state index is -0.605. The first-order chi connectivity index (χ1) is 14.6. The van der Waals surface area contributed by atoms with E-state index in [9.17, 15) is 8.78 Å². The molecule has 0 heterocycles. The first kappa shape index (κ1) is 20.4. The zero-order chi connectivity index (χ0) is 20.9. The number of hydrogen-bond acceptors (Lipinski definition) is 0. The summed E-state index contributed by atoms with van der Waals surface area (Å²) in [5.74, 6) is 4.71. The summed E-state index contributed by atoms with van der Waals surface area (Å²) in [7, 11) is 0. The fourth-order valence-corrected chi connectivity index (χ4v) is 4.21. The van der Waals surface area contributed by atoms with Crippen LogP contribution in [0.15, 0.2) is 54.6 Å². The number of aryl methyl sites for hydroxylation is 3. The highest BCUT2D eigenvalue weighted by atomic mass is 19.1. The lowest BCUT2D eigenvalue weighted by atomic mass is 9.83. The van der Waals surface area contributed by atoms with Crippen molar-refractivity contribution in [3.63, 3.8) is 0 Å². The van der Waals surface area contributed by atoms with E-state index in [0.717, 1.165) is 30.9 Å². The Morgan fingerprint density at radius 1 is 0.700 bits per heavy atom. The van der Waals surface area contributed by atoms with Crippen LogP contribution < -0.4 is 0 Å². The highest BCUT2D eigenvalue weighted by Crippen LogP contribution is 2.34. The summed E-state index contributed by atoms with van der Waals surface area (Å²) in [6.45, 7) is 2.24. The van der Waals surface area contributed by atoms with Crippen molar-refractivity contribution in [1.29, 1.82) is 0 Å². The first-order valence-electron chi connectivity index (χ1n) is 10.9. The Balaban J connectivity index is 1.53. The van der Waals surface area contributed by atoms with Crippen LogP contribution in [0.4, 0.5) is 8.78 Å². The molecule has 152 valence electrons. The van der Waals surface area contributed by atoms with Gasteiger partial charge in [-0.3, -0.25) is 0 Å². The van der Waals surface area contributed by atoms with E-state index in [2.05, 4.69) is 49.1 Å². The predicted octanol–water partition coefficient (Wildman–Crippen LogP) is 7.25. The van der Waals surface area contributed by atoms with Crippen LogP contribution >= 0.6 is 0 Å². The van der Waals surface area contributed by atoms with Crippen molar-refractivity contribution < 1.29 is 8.78 Å². The van der Waals surface area contributed by atoms with Gasteiger partial charge in [0.15, 0.2) is 0 Å². The lowest BCUT2D eigenvalue weighted by molar-refractivity contribution is 0.582. The molecule has 1 aliphatic rings. The number of halogens is 2. The number of unbranched alkanes of at least 4 members (excludes halogenated alkanes) is 3. The summed E-state index contributed by atoms with van der Waals surface area (Å²) in [6.07, 6.45) is 8.35. The Hall–Kier alpha value is -2.92. The van der Waals surface area contributed by atoms with Gasteiger partial charge in [-0.05, 0) is 77.8 Å². The van der Waals surface area contributed by atoms with Crippen molar-refractivity contribution >= 4 is 0 Å². The van der Waals surface area contributed by atoms with E-state index in [1.54, 1.807) is 0 Å². The minimum absolute atomic E-state index is 0.349. The van der Waals surface area contributed by atoms with Gasteiger partial charge in [-0.15, -0.1) is 0 Å². The molecule has 4 rings (SSSR count). The maximum Gasteiger partial charge on any atom is 0.127 e. The molecule has 0 saturated heterocycles. The molecule has 0 nitrogen and oxygen atoms in total. The molecule has 0 radical (unpaired) electrons. The molecule has 0 atom stereocenters. The van der Waals surface area contributed by atoms with E-state index >= 15 is 0 Å². The van der Waals surface area contributed by atoms with Crippen LogP contribution in [-0.4, -0.2) is 0 Å². The van der Waals surface area contributed by atoms with Gasteiger partial charge < -0.3 is 0 Å². The number of benzene rings is 3. The molecule has 1 aliphatic carbocycles. The number of rotatable bonds is 5. The Morgan fingerprint density at radius 3 is 2.10 bits per heavy atom. The Morgan fingerprint density at radius 2 is 1.37 bits per heavy atom. The van der Waals surface area contributed by atoms with Crippen molar-refractivity contribution in [3.8, 4) is 23.0 Å². The molecule has 30 heavy (non-hydrogen) atoms. The fourth-order valence-electron chi connectivity index (χ4n) is 4.21. The average molecular weight is 401 g/mol. The van der Waals surface area contributed by atoms with Crippen molar-refractivity contribution in [1.82, 2.24) is 0 Å². The SMILES string of the molecule is CCCCCCc1ccc2c(c1)CCc1cc(C#Cc3cc(F)cc(F)c3)ccc1-2. The van der Waals surface area contributed by atoms with Gasteiger partial charge in [0.1, 0.15) is 11.6 Å². The van der Waals surface area contributed by atoms with Crippen LogP contribution in [0.3, 0.4) is 0 Å². The topological polar surface area (TPSA) is 0 Å². The standard InChI is InChI=1S/C28H26F2/c1-2-3-4-5-6-20-9-13-27-23(15-20)11-12-24-16-21(10-14-28(24)27)7-8-22-17-25(29)19-26(30)18-22/h9-10,13-19H,2-6,11-12H2,1H3. The Labute approximate surface area is 178 Å². The summed E-state index contributed by atoms with van der Waals surface area (Å²) >= 11 is 0. The lowest BCUT2D eigenvalue weighted by Crippen LogP contribution is -2.05. The lowest BCUT2D eigenvalue weighted by Gasteiger charge is -2.21. The number of fused-ring (bicyclic) bond motifs is 3. The van der Waals surface area contributed by atoms with Crippen molar-refractivity contribution in [2.24, 2.45) is 0 Å². The maximum absolute atomic E-state index is 13.3. The second-order valence-electron chi connectivity index (χ2n) is 8.08. The second-order valence-corrected chi connectivity index (χ2v) is 8.08. The van der Waals surface area contributed by atoms with Gasteiger partial charge in [0.05, 0.1) is 0 Å². The van der Waals surface area contributed by atoms with Gasteiger partial charge in [0, 0.05) is 17.2 Å². The first-order valence-corrected chi connectivity index (χ1v) is 10.9. The van der Waals surface area contributed by atoms with Gasteiger partial charge in [0.25, 0.3) is 0 Å². The zero-order valence-electron chi connectivity index (χ0n) is 17.4. The highest BCUT2D eigenvalue weighted by molar-refractivity contribution is 5.74. The average Bonchev–Trinajstić information content (AvgIpc) is 2.74. The molecule has 3 aromatic rings. The monoisotopic (exact) mass is 400 g/mol. The Kier molecular flexibility index (Phi) is 6.29. The molecule has 3 aromatic carbocycles. The van der Waals surface area contributed by atoms with Gasteiger partial charge in [-0.1, -0.05) is 62.3 Å². The quantitative estimate of drug-likeness (QED) is 0.312. The van der Waals surface area contributed by atoms with Crippen LogP contribution in [-0.2, 0) is 19.3 Å². The summed E-state index contributed by atoms with van der Waals surface area (Å²) in [5, 5.41) is 0. The summed E-state index contributed by atoms with van der Waals surface area (Å²) < 4.78 is 26.7. The van der Waals surface area contributed by atoms with Crippen molar-refractivity contribution in [2.75, 3.05) is 0 Å². The molecular weight excluding hydrogens is 374 g/mol. The molecule has 0 unspecified atom stereocenters. The molecule has 0 aromatic heterocycles. The molecule has 0 spiro atoms. The van der Waals surface area contributed by atoms with Gasteiger partial charge in [-0.2, -0.15) is 0 Å². The molecule has 0 saturated carbocycles. The molecule has 0 amide bonds. The van der Waals surface area contributed by atoms with E-state index in [1.165, 1.54) is 65.6 Å². The van der Waals surface area contributed by atoms with Crippen LogP contribution in [0.5, 0.6) is 0 Å². The number of hydrogen-bond donors (Lipinski definition) is 0. The summed E-state index contributed by atoms with van der Waals surface area (Å²) in [6, 6.07) is 16.5. The van der Waals surface area contributed by atoms with Gasteiger partial charge in [0.2, 0.25) is 0 Å². The van der Waals surface area contributed by atoms with Crippen LogP contribution in [0, 0.1) is 23.5 Å². The third kappa shape index (κ3) is 4.79. The molecule has 0 bridgehead atoms. The van der Waals surface area contributed by atoms with E-state index in [-0.39, 0.29) is 0 Å². The van der Waals surface area contributed by atoms with E-state index in [0.29, 0.717) is 5.56 Å². The van der Waals surface area contributed by atoms with E-state index in [4.69, 9.17) is 0 Å². The summed E-state index contributed by atoms with van der Waals surface area (Å²) in [4.78, 5) is 0. The normalized spacial score (nSPS) is 12.0. The zero-order valence-corrected chi connectivity index (χ0v) is 17.4. The molecule has 2 heteroatoms. The third-order valence-electron chi connectivity index (χ3n) is 5.76. The smallest absolute Gasteiger partial charge is 0.127 e. The minimum Gasteiger partial charge on any atom is -0.207 e. The van der Waals surface area contributed by atoms with Crippen LogP contribution in [0.25, 0.3) is 11.1 Å². The van der Waals surface area contributed by atoms with Crippen molar-refractivity contribution in [2.45, 2.75) is 51.9 Å². The summed E-state index contributed by atoms with van der Waals surface area (Å²) in [5.41, 5.74) is 7.98. The van der Waals surface area contributed by atoms with Crippen LogP contribution in [0.1, 0.15) is 60.4 Å². The highest BCUT2D eigenvalue weighted by Gasteiger charge is 2.16. The Bertz CT molecular complexity index is 1090. The maximum atomic E-state index is 13.3. The van der Waals surface area contributed by atoms with Crippen LogP contribution in [0.2, 0.25) is 0 Å². The molecule has 0 N–H and O–H groups in total. The fraction of sp³-hybridized carbons (Fsp3) is 0.286. The van der Waals surface area contributed by atoms with E-state index < -0.39 is 11.6 Å². The predicted molar refractivity (Wildman–Crippen MR) is 119 cm³/mol.